The van der Waals surface area contributed by atoms with Crippen molar-refractivity contribution in [1.82, 2.24) is 0 Å². The van der Waals surface area contributed by atoms with Crippen LogP contribution >= 0.6 is 11.6 Å². The second kappa shape index (κ2) is 4.35. The van der Waals surface area contributed by atoms with Crippen LogP contribution < -0.4 is 0 Å². The predicted molar refractivity (Wildman–Crippen MR) is 62.0 cm³/mol. The summed E-state index contributed by atoms with van der Waals surface area (Å²) in [6.07, 6.45) is 6.79. The number of benzene rings is 1. The number of aryl methyl sites for hydroxylation is 1. The fourth-order valence-corrected chi connectivity index (χ4v) is 2.68. The molecular formula is C13H17Cl. The maximum atomic E-state index is 6.33. The van der Waals surface area contributed by atoms with Crippen LogP contribution in [0, 0.1) is 6.92 Å². The summed E-state index contributed by atoms with van der Waals surface area (Å²) in [6, 6.07) is 6.42. The second-order valence-electron chi connectivity index (χ2n) is 4.31. The molecule has 1 fully saturated rings. The van der Waals surface area contributed by atoms with E-state index in [2.05, 4.69) is 25.1 Å². The van der Waals surface area contributed by atoms with Crippen LogP contribution in [-0.4, -0.2) is 0 Å². The Morgan fingerprint density at radius 3 is 2.57 bits per heavy atom. The number of hydrogen-bond acceptors (Lipinski definition) is 0. The van der Waals surface area contributed by atoms with Gasteiger partial charge in [0, 0.05) is 5.02 Å². The second-order valence-corrected chi connectivity index (χ2v) is 4.69. The summed E-state index contributed by atoms with van der Waals surface area (Å²) in [5.74, 6) is 0.719. The first-order valence-electron chi connectivity index (χ1n) is 5.54. The maximum Gasteiger partial charge on any atom is 0.0469 e. The molecule has 1 aliphatic carbocycles. The summed E-state index contributed by atoms with van der Waals surface area (Å²) in [7, 11) is 0. The van der Waals surface area contributed by atoms with E-state index in [0.29, 0.717) is 0 Å². The van der Waals surface area contributed by atoms with Crippen molar-refractivity contribution >= 4 is 11.6 Å². The van der Waals surface area contributed by atoms with Crippen molar-refractivity contribution in [2.45, 2.75) is 44.9 Å². The van der Waals surface area contributed by atoms with Gasteiger partial charge in [-0.1, -0.05) is 49.1 Å². The molecule has 2 rings (SSSR count). The van der Waals surface area contributed by atoms with Gasteiger partial charge in [-0.05, 0) is 36.8 Å². The van der Waals surface area contributed by atoms with Gasteiger partial charge in [-0.3, -0.25) is 0 Å². The van der Waals surface area contributed by atoms with Gasteiger partial charge < -0.3 is 0 Å². The van der Waals surface area contributed by atoms with Gasteiger partial charge in [-0.15, -0.1) is 0 Å². The maximum absolute atomic E-state index is 6.33. The summed E-state index contributed by atoms with van der Waals surface area (Å²) in [6.45, 7) is 2.09. The lowest BCUT2D eigenvalue weighted by atomic mass is 9.83. The van der Waals surface area contributed by atoms with Gasteiger partial charge in [0.05, 0.1) is 0 Å². The molecule has 1 heteroatoms. The lowest BCUT2D eigenvalue weighted by Crippen LogP contribution is -2.05. The number of hydrogen-bond donors (Lipinski definition) is 0. The van der Waals surface area contributed by atoms with Gasteiger partial charge in [0.25, 0.3) is 0 Å². The molecule has 0 saturated heterocycles. The van der Waals surface area contributed by atoms with E-state index < -0.39 is 0 Å². The molecule has 0 aliphatic heterocycles. The molecule has 1 aromatic carbocycles. The molecule has 1 saturated carbocycles. The van der Waals surface area contributed by atoms with Crippen molar-refractivity contribution in [3.63, 3.8) is 0 Å². The Labute approximate surface area is 91.3 Å². The van der Waals surface area contributed by atoms with Crippen LogP contribution in [0.15, 0.2) is 18.2 Å². The van der Waals surface area contributed by atoms with Crippen molar-refractivity contribution in [3.8, 4) is 0 Å². The van der Waals surface area contributed by atoms with Crippen LogP contribution in [0.4, 0.5) is 0 Å². The highest BCUT2D eigenvalue weighted by atomic mass is 35.5. The zero-order chi connectivity index (χ0) is 9.97. The first-order chi connectivity index (χ1) is 6.79. The zero-order valence-electron chi connectivity index (χ0n) is 8.72. The predicted octanol–water partition coefficient (Wildman–Crippen LogP) is 4.70. The van der Waals surface area contributed by atoms with Crippen LogP contribution in [0.3, 0.4) is 0 Å². The van der Waals surface area contributed by atoms with Crippen LogP contribution in [0.1, 0.15) is 49.1 Å². The third-order valence-corrected chi connectivity index (χ3v) is 3.78. The lowest BCUT2D eigenvalue weighted by molar-refractivity contribution is 0.443. The average molecular weight is 209 g/mol. The normalized spacial score (nSPS) is 18.4. The van der Waals surface area contributed by atoms with Gasteiger partial charge >= 0.3 is 0 Å². The van der Waals surface area contributed by atoms with Crippen LogP contribution in [0.5, 0.6) is 0 Å². The molecule has 0 unspecified atom stereocenters. The molecule has 14 heavy (non-hydrogen) atoms. The minimum Gasteiger partial charge on any atom is -0.0837 e. The summed E-state index contributed by atoms with van der Waals surface area (Å²) in [5, 5.41) is 0.999. The summed E-state index contributed by atoms with van der Waals surface area (Å²) in [5.41, 5.74) is 2.60. The molecule has 0 spiro atoms. The quantitative estimate of drug-likeness (QED) is 0.628. The van der Waals surface area contributed by atoms with Gasteiger partial charge in [0.2, 0.25) is 0 Å². The Kier molecular flexibility index (Phi) is 3.12. The average Bonchev–Trinajstić information content (AvgIpc) is 2.23. The fourth-order valence-electron chi connectivity index (χ4n) is 2.40. The van der Waals surface area contributed by atoms with Crippen LogP contribution in [-0.2, 0) is 0 Å². The molecular weight excluding hydrogens is 192 g/mol. The number of rotatable bonds is 1. The first-order valence-corrected chi connectivity index (χ1v) is 5.92. The molecule has 0 atom stereocenters. The van der Waals surface area contributed by atoms with E-state index in [0.717, 1.165) is 10.9 Å². The van der Waals surface area contributed by atoms with E-state index in [1.165, 1.54) is 43.2 Å². The van der Waals surface area contributed by atoms with Crippen LogP contribution in [0.2, 0.25) is 5.02 Å². The Morgan fingerprint density at radius 1 is 1.14 bits per heavy atom. The summed E-state index contributed by atoms with van der Waals surface area (Å²) < 4.78 is 0. The Morgan fingerprint density at radius 2 is 1.86 bits per heavy atom. The van der Waals surface area contributed by atoms with Crippen molar-refractivity contribution in [3.05, 3.63) is 34.3 Å². The van der Waals surface area contributed by atoms with E-state index in [1.54, 1.807) is 0 Å². The van der Waals surface area contributed by atoms with E-state index in [-0.39, 0.29) is 0 Å². The third kappa shape index (κ3) is 1.95. The Balaban J connectivity index is 2.26. The standard InChI is InChI=1S/C13H17Cl/c1-10-6-5-9-12(13(10)14)11-7-3-2-4-8-11/h5-6,9,11H,2-4,7-8H2,1H3. The molecule has 76 valence electrons. The fraction of sp³-hybridized carbons (Fsp3) is 0.538. The molecule has 0 amide bonds. The Hall–Kier alpha value is -0.490. The number of halogens is 1. The van der Waals surface area contributed by atoms with Gasteiger partial charge in [-0.2, -0.15) is 0 Å². The highest BCUT2D eigenvalue weighted by Gasteiger charge is 2.18. The van der Waals surface area contributed by atoms with Crippen molar-refractivity contribution in [2.24, 2.45) is 0 Å². The molecule has 0 bridgehead atoms. The van der Waals surface area contributed by atoms with E-state index >= 15 is 0 Å². The van der Waals surface area contributed by atoms with E-state index in [1.807, 2.05) is 0 Å². The third-order valence-electron chi connectivity index (χ3n) is 3.27. The van der Waals surface area contributed by atoms with E-state index in [9.17, 15) is 0 Å². The molecule has 0 radical (unpaired) electrons. The van der Waals surface area contributed by atoms with Gasteiger partial charge in [0.15, 0.2) is 0 Å². The molecule has 0 nitrogen and oxygen atoms in total. The highest BCUT2D eigenvalue weighted by Crippen LogP contribution is 2.37. The van der Waals surface area contributed by atoms with Gasteiger partial charge in [-0.25, -0.2) is 0 Å². The van der Waals surface area contributed by atoms with Crippen molar-refractivity contribution in [2.75, 3.05) is 0 Å². The molecule has 1 aliphatic rings. The first kappa shape index (κ1) is 10.0. The topological polar surface area (TPSA) is 0 Å². The molecule has 0 aromatic heterocycles. The summed E-state index contributed by atoms with van der Waals surface area (Å²) >= 11 is 6.33. The zero-order valence-corrected chi connectivity index (χ0v) is 9.48. The molecule has 0 heterocycles. The SMILES string of the molecule is Cc1cccc(C2CCCCC2)c1Cl. The van der Waals surface area contributed by atoms with Gasteiger partial charge in [0.1, 0.15) is 0 Å². The molecule has 0 N–H and O–H groups in total. The monoisotopic (exact) mass is 208 g/mol. The Bertz CT molecular complexity index is 311. The summed E-state index contributed by atoms with van der Waals surface area (Å²) in [4.78, 5) is 0. The van der Waals surface area contributed by atoms with Crippen molar-refractivity contribution in [1.29, 1.82) is 0 Å². The molecule has 1 aromatic rings. The smallest absolute Gasteiger partial charge is 0.0469 e. The highest BCUT2D eigenvalue weighted by molar-refractivity contribution is 6.32. The van der Waals surface area contributed by atoms with Crippen LogP contribution in [0.25, 0.3) is 0 Å². The van der Waals surface area contributed by atoms with Crippen molar-refractivity contribution < 1.29 is 0 Å². The van der Waals surface area contributed by atoms with E-state index in [4.69, 9.17) is 11.6 Å². The largest absolute Gasteiger partial charge is 0.0837 e. The minimum atomic E-state index is 0.719. The lowest BCUT2D eigenvalue weighted by Gasteiger charge is -2.23. The minimum absolute atomic E-state index is 0.719.